The number of nitrogens with one attached hydrogen (secondary N) is 1. The summed E-state index contributed by atoms with van der Waals surface area (Å²) in [6, 6.07) is 11.9. The van der Waals surface area contributed by atoms with Gasteiger partial charge in [0.25, 0.3) is 5.91 Å². The van der Waals surface area contributed by atoms with E-state index < -0.39 is 6.10 Å². The van der Waals surface area contributed by atoms with E-state index in [1.165, 1.54) is 0 Å². The van der Waals surface area contributed by atoms with Gasteiger partial charge in [-0.15, -0.1) is 0 Å². The number of carbonyl (C=O) groups is 1. The number of nitrogens with zero attached hydrogens (tertiary/aromatic N) is 1. The van der Waals surface area contributed by atoms with Crippen molar-refractivity contribution in [2.24, 2.45) is 0 Å². The molecule has 49 heavy (non-hydrogen) atoms. The first-order chi connectivity index (χ1) is 23.7. The fourth-order valence-corrected chi connectivity index (χ4v) is 6.57. The molecule has 1 unspecified atom stereocenters. The highest BCUT2D eigenvalue weighted by molar-refractivity contribution is 6.36. The van der Waals surface area contributed by atoms with E-state index in [-0.39, 0.29) is 11.9 Å². The number of aliphatic hydroxyl groups excluding tert-OH is 1. The standard InChI is InChI=1S/C36H42Cl2N2O9/c1-43-24-19-28(44-2)32-29(20-24)49-34(21-16-30(45-3)35(47-5)31(17-21)46-4)26(33(32)41)8-6-7-15-48-40-13-11-23(12-14-40)39-36(42)25-10-9-22(37)18-27(25)38/h9-10,16-20,23,33,41H,6-8,11-15H2,1-5H3,(H,39,42). The summed E-state index contributed by atoms with van der Waals surface area (Å²) < 4.78 is 34.3. The smallest absolute Gasteiger partial charge is 0.253 e. The van der Waals surface area contributed by atoms with E-state index in [9.17, 15) is 9.90 Å². The Balaban J connectivity index is 1.24. The molecule has 2 heterocycles. The number of methoxy groups -OCH3 is 5. The molecule has 1 amide bonds. The average Bonchev–Trinajstić information content (AvgIpc) is 3.11. The van der Waals surface area contributed by atoms with Crippen molar-refractivity contribution >= 4 is 34.9 Å². The number of carbonyl (C=O) groups excluding carboxylic acids is 1. The van der Waals surface area contributed by atoms with Gasteiger partial charge in [-0.3, -0.25) is 9.63 Å². The Bertz CT molecular complexity index is 1650. The quantitative estimate of drug-likeness (QED) is 0.171. The molecule has 2 aliphatic heterocycles. The van der Waals surface area contributed by atoms with Crippen molar-refractivity contribution in [1.82, 2.24) is 10.4 Å². The van der Waals surface area contributed by atoms with E-state index in [2.05, 4.69) is 5.32 Å². The van der Waals surface area contributed by atoms with Gasteiger partial charge in [0.15, 0.2) is 11.5 Å². The van der Waals surface area contributed by atoms with Crippen LogP contribution < -0.4 is 33.7 Å². The van der Waals surface area contributed by atoms with E-state index in [0.717, 1.165) is 19.3 Å². The first-order valence-electron chi connectivity index (χ1n) is 16.0. The molecule has 0 bridgehead atoms. The van der Waals surface area contributed by atoms with Crippen LogP contribution in [-0.4, -0.2) is 77.4 Å². The Kier molecular flexibility index (Phi) is 12.4. The third-order valence-corrected chi connectivity index (χ3v) is 9.19. The van der Waals surface area contributed by atoms with Crippen LogP contribution >= 0.6 is 23.2 Å². The Hall–Kier alpha value is -3.87. The number of hydrogen-bond donors (Lipinski definition) is 2. The lowest BCUT2D eigenvalue weighted by molar-refractivity contribution is -0.171. The van der Waals surface area contributed by atoms with E-state index in [1.54, 1.807) is 78.0 Å². The average molecular weight is 718 g/mol. The summed E-state index contributed by atoms with van der Waals surface area (Å²) >= 11 is 12.2. The van der Waals surface area contributed by atoms with E-state index in [1.807, 2.05) is 5.06 Å². The van der Waals surface area contributed by atoms with Crippen molar-refractivity contribution in [1.29, 1.82) is 0 Å². The molecule has 13 heteroatoms. The Morgan fingerprint density at radius 2 is 1.59 bits per heavy atom. The molecular weight excluding hydrogens is 675 g/mol. The van der Waals surface area contributed by atoms with Crippen LogP contribution in [0.5, 0.6) is 34.5 Å². The van der Waals surface area contributed by atoms with Gasteiger partial charge < -0.3 is 38.8 Å². The molecule has 5 rings (SSSR count). The molecule has 2 aliphatic rings. The van der Waals surface area contributed by atoms with Crippen LogP contribution in [0.1, 0.15) is 59.7 Å². The molecule has 3 aromatic carbocycles. The minimum atomic E-state index is -1.00. The maximum atomic E-state index is 12.7. The van der Waals surface area contributed by atoms with Crippen molar-refractivity contribution in [3.63, 3.8) is 0 Å². The summed E-state index contributed by atoms with van der Waals surface area (Å²) in [7, 11) is 7.75. The molecule has 264 valence electrons. The highest BCUT2D eigenvalue weighted by Gasteiger charge is 2.33. The largest absolute Gasteiger partial charge is 0.496 e. The number of benzene rings is 3. The molecule has 0 aromatic heterocycles. The second-order valence-corrected chi connectivity index (χ2v) is 12.4. The fourth-order valence-electron chi connectivity index (χ4n) is 6.08. The number of ether oxygens (including phenoxy) is 6. The lowest BCUT2D eigenvalue weighted by Crippen LogP contribution is -2.44. The number of hydroxylamine groups is 2. The zero-order valence-corrected chi connectivity index (χ0v) is 29.8. The second-order valence-electron chi connectivity index (χ2n) is 11.6. The Morgan fingerprint density at radius 1 is 0.898 bits per heavy atom. The van der Waals surface area contributed by atoms with Gasteiger partial charge in [0.2, 0.25) is 5.75 Å². The van der Waals surface area contributed by atoms with E-state index in [4.69, 9.17) is 56.5 Å². The van der Waals surface area contributed by atoms with Crippen LogP contribution in [0.3, 0.4) is 0 Å². The summed E-state index contributed by atoms with van der Waals surface area (Å²) in [4.78, 5) is 18.8. The molecule has 1 atom stereocenters. The second kappa shape index (κ2) is 16.7. The molecule has 1 fully saturated rings. The first kappa shape index (κ1) is 36.4. The maximum absolute atomic E-state index is 12.7. The van der Waals surface area contributed by atoms with Crippen LogP contribution in [0.4, 0.5) is 0 Å². The molecule has 0 spiro atoms. The third kappa shape index (κ3) is 8.30. The van der Waals surface area contributed by atoms with Gasteiger partial charge >= 0.3 is 0 Å². The van der Waals surface area contributed by atoms with Crippen molar-refractivity contribution in [3.05, 3.63) is 74.8 Å². The predicted octanol–water partition coefficient (Wildman–Crippen LogP) is 6.87. The van der Waals surface area contributed by atoms with Gasteiger partial charge in [-0.25, -0.2) is 0 Å². The Labute approximate surface area is 296 Å². The number of rotatable bonds is 14. The van der Waals surface area contributed by atoms with Crippen LogP contribution in [0.2, 0.25) is 10.0 Å². The number of amides is 1. The van der Waals surface area contributed by atoms with Crippen molar-refractivity contribution in [3.8, 4) is 34.5 Å². The van der Waals surface area contributed by atoms with Crippen LogP contribution in [0.25, 0.3) is 5.76 Å². The summed E-state index contributed by atoms with van der Waals surface area (Å²) in [5.74, 6) is 3.06. The molecule has 1 saturated heterocycles. The van der Waals surface area contributed by atoms with Crippen LogP contribution in [-0.2, 0) is 4.84 Å². The number of aliphatic hydroxyl groups is 1. The fraction of sp³-hybridized carbons (Fsp3) is 0.417. The van der Waals surface area contributed by atoms with Gasteiger partial charge in [-0.05, 0) is 62.4 Å². The number of halogens is 2. The number of piperidine rings is 1. The maximum Gasteiger partial charge on any atom is 0.253 e. The van der Waals surface area contributed by atoms with Crippen molar-refractivity contribution < 1.29 is 43.2 Å². The van der Waals surface area contributed by atoms with Gasteiger partial charge in [0.1, 0.15) is 29.1 Å². The summed E-state index contributed by atoms with van der Waals surface area (Å²) in [6.45, 7) is 1.86. The topological polar surface area (TPSA) is 117 Å². The van der Waals surface area contributed by atoms with Gasteiger partial charge in [-0.2, -0.15) is 5.06 Å². The molecule has 0 saturated carbocycles. The zero-order valence-electron chi connectivity index (χ0n) is 28.3. The normalized spacial score (nSPS) is 16.4. The number of fused-ring (bicyclic) bond motifs is 1. The highest BCUT2D eigenvalue weighted by Crippen LogP contribution is 2.50. The SMILES string of the molecule is COc1cc(OC)c2c(c1)OC(c1cc(OC)c(OC)c(OC)c1)=C(CCCCON1CCC(NC(=O)c3ccc(Cl)cc3Cl)CC1)C2O. The molecular formula is C36H42Cl2N2O9. The zero-order chi connectivity index (χ0) is 35.1. The minimum absolute atomic E-state index is 0.0206. The van der Waals surface area contributed by atoms with E-state index in [0.29, 0.717) is 105 Å². The molecule has 3 aromatic rings. The first-order valence-corrected chi connectivity index (χ1v) is 16.8. The molecule has 11 nitrogen and oxygen atoms in total. The molecule has 0 aliphatic carbocycles. The predicted molar refractivity (Wildman–Crippen MR) is 186 cm³/mol. The monoisotopic (exact) mass is 716 g/mol. The third-order valence-electron chi connectivity index (χ3n) is 8.65. The van der Waals surface area contributed by atoms with Gasteiger partial charge in [-0.1, -0.05) is 23.2 Å². The van der Waals surface area contributed by atoms with Crippen molar-refractivity contribution in [2.75, 3.05) is 55.2 Å². The van der Waals surface area contributed by atoms with E-state index >= 15 is 0 Å². The highest BCUT2D eigenvalue weighted by atomic mass is 35.5. The number of unbranched alkanes of at least 4 members (excludes halogenated alkanes) is 1. The van der Waals surface area contributed by atoms with Gasteiger partial charge in [0.05, 0.1) is 58.3 Å². The minimum Gasteiger partial charge on any atom is -0.496 e. The Morgan fingerprint density at radius 3 is 2.20 bits per heavy atom. The lowest BCUT2D eigenvalue weighted by Gasteiger charge is -2.32. The lowest BCUT2D eigenvalue weighted by atomic mass is 9.90. The van der Waals surface area contributed by atoms with Crippen LogP contribution in [0, 0.1) is 0 Å². The number of hydrogen-bond acceptors (Lipinski definition) is 10. The summed E-state index contributed by atoms with van der Waals surface area (Å²) in [6.07, 6.45) is 2.46. The van der Waals surface area contributed by atoms with Gasteiger partial charge in [0, 0.05) is 47.4 Å². The van der Waals surface area contributed by atoms with Crippen molar-refractivity contribution in [2.45, 2.75) is 44.2 Å². The molecule has 0 radical (unpaired) electrons. The summed E-state index contributed by atoms with van der Waals surface area (Å²) in [5, 5.41) is 17.6. The van der Waals surface area contributed by atoms with Crippen LogP contribution in [0.15, 0.2) is 48.0 Å². The summed E-state index contributed by atoms with van der Waals surface area (Å²) in [5.41, 5.74) is 2.27. The molecule has 2 N–H and O–H groups in total.